The highest BCUT2D eigenvalue weighted by molar-refractivity contribution is 5.83. The molecule has 17 nitrogen and oxygen atoms in total. The Morgan fingerprint density at radius 3 is 1.85 bits per heavy atom. The minimum absolute atomic E-state index is 0.710. The van der Waals surface area contributed by atoms with Crippen LogP contribution in [0.2, 0.25) is 0 Å². The molecule has 6 atom stereocenters. The zero-order chi connectivity index (χ0) is 31.5. The van der Waals surface area contributed by atoms with Gasteiger partial charge in [0.1, 0.15) is 18.8 Å². The van der Waals surface area contributed by atoms with E-state index in [9.17, 15) is 38.4 Å². The maximum Gasteiger partial charge on any atom is 0.379 e. The lowest BCUT2D eigenvalue weighted by Gasteiger charge is -2.48. The van der Waals surface area contributed by atoms with Crippen molar-refractivity contribution in [3.63, 3.8) is 0 Å². The molecule has 4 unspecified atom stereocenters. The average Bonchev–Trinajstić information content (AvgIpc) is 2.83. The molecular formula is C24H33NO16. The van der Waals surface area contributed by atoms with Crippen molar-refractivity contribution < 1.29 is 76.3 Å². The molecule has 0 bridgehead atoms. The van der Waals surface area contributed by atoms with Crippen molar-refractivity contribution in [1.29, 1.82) is 0 Å². The van der Waals surface area contributed by atoms with Gasteiger partial charge in [-0.2, -0.15) is 0 Å². The van der Waals surface area contributed by atoms with Gasteiger partial charge >= 0.3 is 47.6 Å². The topological polar surface area (TPSA) is 222 Å². The molecule has 0 aliphatic carbocycles. The Hall–Kier alpha value is -4.28. The monoisotopic (exact) mass is 591 g/mol. The van der Waals surface area contributed by atoms with Gasteiger partial charge in [0.25, 0.3) is 5.91 Å². The molecule has 17 heteroatoms. The Morgan fingerprint density at radius 2 is 1.39 bits per heavy atom. The number of hydrogen-bond donors (Lipinski definition) is 1. The first-order valence-corrected chi connectivity index (χ1v) is 12.0. The SMILES string of the molecule is COC(=O)C1(OC(C)=O)CC(OC(C)=O)C(NC(=O)COC(C)=O)C([C@@H](OC(C)=O)[C@@H](COC(C)=O)OC(C)=O)O1. The number of hydrogen-bond acceptors (Lipinski definition) is 16. The lowest BCUT2D eigenvalue weighted by atomic mass is 9.88. The van der Waals surface area contributed by atoms with Gasteiger partial charge in [0.05, 0.1) is 19.6 Å². The Bertz CT molecular complexity index is 1040. The fourth-order valence-electron chi connectivity index (χ4n) is 3.90. The van der Waals surface area contributed by atoms with Crippen LogP contribution in [-0.4, -0.2) is 104 Å². The van der Waals surface area contributed by atoms with Crippen molar-refractivity contribution in [2.75, 3.05) is 20.3 Å². The van der Waals surface area contributed by atoms with Crippen LogP contribution in [0.5, 0.6) is 0 Å². The summed E-state index contributed by atoms with van der Waals surface area (Å²) in [6, 6.07) is -1.55. The van der Waals surface area contributed by atoms with E-state index in [4.69, 9.17) is 33.2 Å². The zero-order valence-electron chi connectivity index (χ0n) is 23.5. The molecule has 0 aromatic carbocycles. The summed E-state index contributed by atoms with van der Waals surface area (Å²) in [5, 5.41) is 2.40. The van der Waals surface area contributed by atoms with Crippen molar-refractivity contribution in [1.82, 2.24) is 5.32 Å². The highest BCUT2D eigenvalue weighted by atomic mass is 16.8. The molecule has 1 rings (SSSR count). The van der Waals surface area contributed by atoms with E-state index < -0.39 is 104 Å². The van der Waals surface area contributed by atoms with E-state index in [1.807, 2.05) is 0 Å². The lowest BCUT2D eigenvalue weighted by Crippen LogP contribution is -2.69. The normalized spacial score (nSPS) is 23.0. The molecule has 1 fully saturated rings. The van der Waals surface area contributed by atoms with Gasteiger partial charge in [-0.25, -0.2) is 4.79 Å². The molecule has 1 aliphatic rings. The predicted molar refractivity (Wildman–Crippen MR) is 128 cm³/mol. The number of rotatable bonds is 12. The van der Waals surface area contributed by atoms with Gasteiger partial charge in [-0.15, -0.1) is 0 Å². The molecule has 1 saturated heterocycles. The third kappa shape index (κ3) is 11.0. The predicted octanol–water partition coefficient (Wildman–Crippen LogP) is -1.39. The van der Waals surface area contributed by atoms with Crippen LogP contribution in [0, 0.1) is 0 Å². The zero-order valence-corrected chi connectivity index (χ0v) is 23.5. The quantitative estimate of drug-likeness (QED) is 0.204. The summed E-state index contributed by atoms with van der Waals surface area (Å²) in [5.74, 6) is -10.4. The molecular weight excluding hydrogens is 558 g/mol. The van der Waals surface area contributed by atoms with Crippen molar-refractivity contribution >= 4 is 47.7 Å². The molecule has 0 radical (unpaired) electrons. The lowest BCUT2D eigenvalue weighted by molar-refractivity contribution is -0.304. The number of nitrogens with one attached hydrogen (secondary N) is 1. The van der Waals surface area contributed by atoms with E-state index in [2.05, 4.69) is 10.1 Å². The van der Waals surface area contributed by atoms with Crippen LogP contribution in [0.3, 0.4) is 0 Å². The van der Waals surface area contributed by atoms with Crippen LogP contribution >= 0.6 is 0 Å². The molecule has 0 aromatic rings. The first-order chi connectivity index (χ1) is 19.0. The Kier molecular flexibility index (Phi) is 13.1. The molecule has 1 amide bonds. The average molecular weight is 592 g/mol. The fraction of sp³-hybridized carbons (Fsp3) is 0.667. The van der Waals surface area contributed by atoms with E-state index in [1.54, 1.807) is 0 Å². The van der Waals surface area contributed by atoms with Crippen LogP contribution in [0.15, 0.2) is 0 Å². The second-order valence-corrected chi connectivity index (χ2v) is 8.67. The second-order valence-electron chi connectivity index (χ2n) is 8.67. The van der Waals surface area contributed by atoms with Gasteiger partial charge in [0.15, 0.2) is 18.8 Å². The number of carbonyl (C=O) groups excluding carboxylic acids is 8. The maximum atomic E-state index is 12.9. The van der Waals surface area contributed by atoms with Crippen molar-refractivity contribution in [3.05, 3.63) is 0 Å². The maximum absolute atomic E-state index is 12.9. The Morgan fingerprint density at radius 1 is 0.805 bits per heavy atom. The standard InChI is InChI=1S/C24H33NO16/c1-11(26)35-9-18(38-14(4)29)21(39-15(5)30)22-20(25-19(32)10-36-12(2)27)17(37-13(3)28)8-24(41-22,23(33)34-7)40-16(6)31/h17-18,20-22H,8-10H2,1-7H3,(H,25,32)/t17?,18-,20?,21+,22?,24?/m1/s1. The molecule has 0 aromatic heterocycles. The van der Waals surface area contributed by atoms with Crippen LogP contribution in [0.4, 0.5) is 0 Å². The minimum atomic E-state index is -2.64. The molecule has 1 aliphatic heterocycles. The van der Waals surface area contributed by atoms with E-state index in [0.29, 0.717) is 0 Å². The summed E-state index contributed by atoms with van der Waals surface area (Å²) in [6.45, 7) is 4.45. The summed E-state index contributed by atoms with van der Waals surface area (Å²) >= 11 is 0. The van der Waals surface area contributed by atoms with Crippen LogP contribution in [-0.2, 0) is 76.3 Å². The first-order valence-electron chi connectivity index (χ1n) is 12.0. The Labute approximate surface area is 234 Å². The van der Waals surface area contributed by atoms with Crippen LogP contribution < -0.4 is 5.32 Å². The summed E-state index contributed by atoms with van der Waals surface area (Å²) in [5.41, 5.74) is 0. The van der Waals surface area contributed by atoms with Crippen LogP contribution in [0.25, 0.3) is 0 Å². The summed E-state index contributed by atoms with van der Waals surface area (Å²) in [6.07, 6.45) is -7.58. The Balaban J connectivity index is 3.87. The third-order valence-electron chi connectivity index (χ3n) is 5.17. The van der Waals surface area contributed by atoms with Gasteiger partial charge in [0.2, 0.25) is 0 Å². The smallest absolute Gasteiger partial charge is 0.379 e. The van der Waals surface area contributed by atoms with Gasteiger partial charge < -0.3 is 43.2 Å². The largest absolute Gasteiger partial charge is 0.464 e. The number of carbonyl (C=O) groups is 8. The van der Waals surface area contributed by atoms with Gasteiger partial charge in [-0.1, -0.05) is 0 Å². The van der Waals surface area contributed by atoms with E-state index in [-0.39, 0.29) is 0 Å². The number of esters is 7. The second kappa shape index (κ2) is 15.5. The van der Waals surface area contributed by atoms with Gasteiger partial charge in [-0.05, 0) is 0 Å². The molecule has 0 spiro atoms. The van der Waals surface area contributed by atoms with E-state index in [1.165, 1.54) is 0 Å². The molecule has 1 N–H and O–H groups in total. The number of ether oxygens (including phenoxy) is 8. The summed E-state index contributed by atoms with van der Waals surface area (Å²) in [4.78, 5) is 96.6. The highest BCUT2D eigenvalue weighted by Gasteiger charge is 2.60. The third-order valence-corrected chi connectivity index (χ3v) is 5.17. The van der Waals surface area contributed by atoms with E-state index >= 15 is 0 Å². The molecule has 1 heterocycles. The van der Waals surface area contributed by atoms with Crippen LogP contribution in [0.1, 0.15) is 48.0 Å². The van der Waals surface area contributed by atoms with Crippen molar-refractivity contribution in [3.8, 4) is 0 Å². The van der Waals surface area contributed by atoms with Crippen molar-refractivity contribution in [2.24, 2.45) is 0 Å². The first kappa shape index (κ1) is 34.7. The molecule has 230 valence electrons. The number of methoxy groups -OCH3 is 1. The summed E-state index contributed by atoms with van der Waals surface area (Å²) in [7, 11) is 0.936. The number of amides is 1. The summed E-state index contributed by atoms with van der Waals surface area (Å²) < 4.78 is 41.3. The van der Waals surface area contributed by atoms with Gasteiger partial charge in [0, 0.05) is 41.5 Å². The molecule has 41 heavy (non-hydrogen) atoms. The fourth-order valence-corrected chi connectivity index (χ4v) is 3.90. The highest BCUT2D eigenvalue weighted by Crippen LogP contribution is 2.37. The molecule has 0 saturated carbocycles. The van der Waals surface area contributed by atoms with Crippen molar-refractivity contribution in [2.45, 2.75) is 84.2 Å². The minimum Gasteiger partial charge on any atom is -0.464 e. The van der Waals surface area contributed by atoms with E-state index in [0.717, 1.165) is 48.7 Å². The van der Waals surface area contributed by atoms with Gasteiger partial charge in [-0.3, -0.25) is 33.6 Å².